The molecule has 96 valence electrons. The quantitative estimate of drug-likeness (QED) is 0.795. The van der Waals surface area contributed by atoms with E-state index in [2.05, 4.69) is 0 Å². The molecule has 3 nitrogen and oxygen atoms in total. The monoisotopic (exact) mass is 273 g/mol. The van der Waals surface area contributed by atoms with Crippen molar-refractivity contribution in [2.75, 3.05) is 5.06 Å². The van der Waals surface area contributed by atoms with Crippen LogP contribution >= 0.6 is 11.6 Å². The van der Waals surface area contributed by atoms with Crippen LogP contribution < -0.4 is 9.90 Å². The lowest BCUT2D eigenvalue weighted by Crippen LogP contribution is -2.39. The van der Waals surface area contributed by atoms with Crippen molar-refractivity contribution in [1.82, 2.24) is 0 Å². The Kier molecular flexibility index (Phi) is 2.91. The smallest absolute Gasteiger partial charge is 0.264 e. The molecule has 1 amide bonds. The molecule has 4 heteroatoms. The largest absolute Gasteiger partial charge is 0.372 e. The first kappa shape index (κ1) is 12.1. The van der Waals surface area contributed by atoms with Crippen LogP contribution in [0.5, 0.6) is 5.75 Å². The van der Waals surface area contributed by atoms with E-state index in [4.69, 9.17) is 16.4 Å². The van der Waals surface area contributed by atoms with Crippen LogP contribution in [0.25, 0.3) is 0 Å². The molecule has 0 radical (unpaired) electrons. The highest BCUT2D eigenvalue weighted by atomic mass is 35.5. The molecule has 0 bridgehead atoms. The number of anilines is 1. The Hall–Kier alpha value is -2.00. The Bertz CT molecular complexity index is 654. The minimum Gasteiger partial charge on any atom is -0.372 e. The SMILES string of the molecule is Cc1cccc(N2Oc3cc(Cl)ccc3CC2=O)c1. The summed E-state index contributed by atoms with van der Waals surface area (Å²) >= 11 is 5.95. The summed E-state index contributed by atoms with van der Waals surface area (Å²) in [4.78, 5) is 17.8. The summed E-state index contributed by atoms with van der Waals surface area (Å²) < 4.78 is 0. The molecular formula is C15H12ClNO2. The molecule has 0 saturated heterocycles. The number of hydroxylamine groups is 1. The molecule has 3 rings (SSSR count). The maximum atomic E-state index is 12.1. The first-order valence-corrected chi connectivity index (χ1v) is 6.37. The van der Waals surface area contributed by atoms with E-state index in [9.17, 15) is 4.79 Å². The molecule has 2 aromatic rings. The molecule has 0 aliphatic carbocycles. The molecule has 0 N–H and O–H groups in total. The van der Waals surface area contributed by atoms with Gasteiger partial charge in [-0.25, -0.2) is 0 Å². The number of amides is 1. The minimum absolute atomic E-state index is 0.0829. The zero-order valence-corrected chi connectivity index (χ0v) is 11.1. The lowest BCUT2D eigenvalue weighted by Gasteiger charge is -2.28. The number of rotatable bonds is 1. The topological polar surface area (TPSA) is 29.5 Å². The Morgan fingerprint density at radius 2 is 2.05 bits per heavy atom. The third-order valence-corrected chi connectivity index (χ3v) is 3.26. The number of hydrogen-bond acceptors (Lipinski definition) is 2. The zero-order valence-electron chi connectivity index (χ0n) is 10.4. The average Bonchev–Trinajstić information content (AvgIpc) is 2.38. The normalized spacial score (nSPS) is 14.0. The van der Waals surface area contributed by atoms with Gasteiger partial charge >= 0.3 is 0 Å². The van der Waals surface area contributed by atoms with Gasteiger partial charge in [0.05, 0.1) is 12.1 Å². The molecule has 19 heavy (non-hydrogen) atoms. The first-order valence-electron chi connectivity index (χ1n) is 5.99. The van der Waals surface area contributed by atoms with Gasteiger partial charge in [-0.3, -0.25) is 4.79 Å². The standard InChI is InChI=1S/C15H12ClNO2/c1-10-3-2-4-13(7-10)17-15(18)8-11-5-6-12(16)9-14(11)19-17/h2-7,9H,8H2,1H3. The van der Waals surface area contributed by atoms with Gasteiger partial charge in [-0.1, -0.05) is 29.8 Å². The van der Waals surface area contributed by atoms with Crippen LogP contribution in [0.4, 0.5) is 5.69 Å². The van der Waals surface area contributed by atoms with Crippen LogP contribution in [0, 0.1) is 6.92 Å². The van der Waals surface area contributed by atoms with Crippen LogP contribution in [-0.2, 0) is 11.2 Å². The van der Waals surface area contributed by atoms with Gasteiger partial charge in [0.1, 0.15) is 0 Å². The number of hydrogen-bond donors (Lipinski definition) is 0. The van der Waals surface area contributed by atoms with E-state index >= 15 is 0 Å². The molecule has 0 fully saturated rings. The summed E-state index contributed by atoms with van der Waals surface area (Å²) in [6.07, 6.45) is 0.320. The highest BCUT2D eigenvalue weighted by Gasteiger charge is 2.26. The van der Waals surface area contributed by atoms with Crippen LogP contribution in [0.15, 0.2) is 42.5 Å². The number of halogens is 1. The summed E-state index contributed by atoms with van der Waals surface area (Å²) in [6.45, 7) is 1.97. The van der Waals surface area contributed by atoms with Crippen molar-refractivity contribution in [3.8, 4) is 5.75 Å². The van der Waals surface area contributed by atoms with Gasteiger partial charge in [0.25, 0.3) is 5.91 Å². The van der Waals surface area contributed by atoms with E-state index in [-0.39, 0.29) is 5.91 Å². The summed E-state index contributed by atoms with van der Waals surface area (Å²) in [5, 5.41) is 1.92. The van der Waals surface area contributed by atoms with E-state index in [1.54, 1.807) is 12.1 Å². The van der Waals surface area contributed by atoms with Crippen LogP contribution in [-0.4, -0.2) is 5.91 Å². The van der Waals surface area contributed by atoms with Crippen molar-refractivity contribution in [3.05, 3.63) is 58.6 Å². The van der Waals surface area contributed by atoms with Gasteiger partial charge in [-0.05, 0) is 30.7 Å². The Balaban J connectivity index is 1.99. The molecule has 0 saturated carbocycles. The third-order valence-electron chi connectivity index (χ3n) is 3.02. The lowest BCUT2D eigenvalue weighted by atomic mass is 10.1. The Labute approximate surface area is 116 Å². The molecule has 0 atom stereocenters. The highest BCUT2D eigenvalue weighted by Crippen LogP contribution is 2.31. The van der Waals surface area contributed by atoms with Crippen molar-refractivity contribution in [2.45, 2.75) is 13.3 Å². The van der Waals surface area contributed by atoms with Crippen molar-refractivity contribution >= 4 is 23.2 Å². The fraction of sp³-hybridized carbons (Fsp3) is 0.133. The lowest BCUT2D eigenvalue weighted by molar-refractivity contribution is -0.123. The molecule has 0 unspecified atom stereocenters. The molecule has 1 heterocycles. The van der Waals surface area contributed by atoms with Gasteiger partial charge in [0.15, 0.2) is 5.75 Å². The number of aryl methyl sites for hydroxylation is 1. The van der Waals surface area contributed by atoms with Gasteiger partial charge in [-0.15, -0.1) is 5.06 Å². The molecule has 0 spiro atoms. The van der Waals surface area contributed by atoms with Crippen molar-refractivity contribution in [3.63, 3.8) is 0 Å². The summed E-state index contributed by atoms with van der Waals surface area (Å²) in [6, 6.07) is 12.9. The molecular weight excluding hydrogens is 262 g/mol. The maximum absolute atomic E-state index is 12.1. The fourth-order valence-corrected chi connectivity index (χ4v) is 2.26. The fourth-order valence-electron chi connectivity index (χ4n) is 2.09. The second-order valence-electron chi connectivity index (χ2n) is 4.55. The van der Waals surface area contributed by atoms with Crippen LogP contribution in [0.1, 0.15) is 11.1 Å². The van der Waals surface area contributed by atoms with E-state index in [1.807, 2.05) is 37.3 Å². The summed E-state index contributed by atoms with van der Waals surface area (Å²) in [7, 11) is 0. The van der Waals surface area contributed by atoms with Gasteiger partial charge < -0.3 is 4.84 Å². The van der Waals surface area contributed by atoms with Crippen molar-refractivity contribution in [1.29, 1.82) is 0 Å². The number of nitrogens with zero attached hydrogens (tertiary/aromatic N) is 1. The maximum Gasteiger partial charge on any atom is 0.264 e. The Morgan fingerprint density at radius 3 is 2.84 bits per heavy atom. The number of carbonyl (C=O) groups is 1. The van der Waals surface area contributed by atoms with E-state index in [0.29, 0.717) is 17.2 Å². The van der Waals surface area contributed by atoms with E-state index in [1.165, 1.54) is 5.06 Å². The number of fused-ring (bicyclic) bond motifs is 1. The second kappa shape index (κ2) is 4.59. The number of carbonyl (C=O) groups excluding carboxylic acids is 1. The second-order valence-corrected chi connectivity index (χ2v) is 4.98. The molecule has 2 aromatic carbocycles. The number of benzene rings is 2. The third kappa shape index (κ3) is 2.29. The zero-order chi connectivity index (χ0) is 13.4. The van der Waals surface area contributed by atoms with Crippen molar-refractivity contribution < 1.29 is 9.63 Å². The molecule has 0 aromatic heterocycles. The summed E-state index contributed by atoms with van der Waals surface area (Å²) in [5.41, 5.74) is 2.67. The van der Waals surface area contributed by atoms with E-state index in [0.717, 1.165) is 16.8 Å². The van der Waals surface area contributed by atoms with E-state index < -0.39 is 0 Å². The Morgan fingerprint density at radius 1 is 1.21 bits per heavy atom. The predicted molar refractivity (Wildman–Crippen MR) is 74.4 cm³/mol. The van der Waals surface area contributed by atoms with Crippen LogP contribution in [0.2, 0.25) is 5.02 Å². The average molecular weight is 274 g/mol. The summed E-state index contributed by atoms with van der Waals surface area (Å²) in [5.74, 6) is 0.550. The molecule has 1 aliphatic heterocycles. The predicted octanol–water partition coefficient (Wildman–Crippen LogP) is 3.53. The highest BCUT2D eigenvalue weighted by molar-refractivity contribution is 6.30. The van der Waals surface area contributed by atoms with Gasteiger partial charge in [0.2, 0.25) is 0 Å². The van der Waals surface area contributed by atoms with Gasteiger partial charge in [-0.2, -0.15) is 0 Å². The van der Waals surface area contributed by atoms with Crippen molar-refractivity contribution in [2.24, 2.45) is 0 Å². The minimum atomic E-state index is -0.0829. The molecule has 1 aliphatic rings. The first-order chi connectivity index (χ1) is 9.13. The van der Waals surface area contributed by atoms with Gasteiger partial charge in [0, 0.05) is 16.7 Å². The van der Waals surface area contributed by atoms with Crippen LogP contribution in [0.3, 0.4) is 0 Å².